The molecule has 0 aliphatic rings. The molecule has 119 heavy (non-hydrogen) atoms. The first-order valence-corrected chi connectivity index (χ1v) is 35.8. The van der Waals surface area contributed by atoms with Crippen molar-refractivity contribution in [1.82, 2.24) is 29.4 Å². The number of amides is 10. The van der Waals surface area contributed by atoms with Crippen molar-refractivity contribution in [2.75, 3.05) is 103 Å². The van der Waals surface area contributed by atoms with E-state index in [1.807, 2.05) is 0 Å². The van der Waals surface area contributed by atoms with Crippen molar-refractivity contribution < 1.29 is 115 Å². The highest BCUT2D eigenvalue weighted by molar-refractivity contribution is 5.87. The van der Waals surface area contributed by atoms with Gasteiger partial charge in [-0.05, 0) is 126 Å². The van der Waals surface area contributed by atoms with Crippen LogP contribution in [0.1, 0.15) is 70.8 Å². The first-order chi connectivity index (χ1) is 56.2. The van der Waals surface area contributed by atoms with E-state index >= 15 is 0 Å². The number of nitrogens with one attached hydrogen (secondary N) is 4. The summed E-state index contributed by atoms with van der Waals surface area (Å²) >= 11 is 0. The predicted molar refractivity (Wildman–Crippen MR) is 422 cm³/mol. The van der Waals surface area contributed by atoms with Crippen molar-refractivity contribution >= 4 is 106 Å². The molecule has 7 aromatic rings. The second-order valence-corrected chi connectivity index (χ2v) is 27.5. The molecule has 0 heterocycles. The van der Waals surface area contributed by atoms with Crippen molar-refractivity contribution in [3.8, 4) is 17.2 Å². The van der Waals surface area contributed by atoms with E-state index in [9.17, 15) is 88.4 Å². The number of aryl methyl sites for hydroxylation is 3. The van der Waals surface area contributed by atoms with Crippen LogP contribution in [0.2, 0.25) is 0 Å². The number of hydrogen-bond acceptors (Lipinski definition) is 28. The van der Waals surface area contributed by atoms with E-state index in [2.05, 4.69) is 21.3 Å². The van der Waals surface area contributed by atoms with Gasteiger partial charge in [-0.1, -0.05) is 16.7 Å². The highest BCUT2D eigenvalue weighted by atomic mass is 16.6. The van der Waals surface area contributed by atoms with Crippen molar-refractivity contribution in [2.45, 2.75) is 86.8 Å². The van der Waals surface area contributed by atoms with Crippen LogP contribution in [-0.2, 0) is 72.8 Å². The Bertz CT molecular complexity index is 4450. The molecule has 10 amide bonds. The Balaban J connectivity index is 1.03. The number of likely N-dealkylation sites (N-methyl/N-ethyl adjacent to an activating group) is 6. The molecule has 0 saturated carbocycles. The van der Waals surface area contributed by atoms with Gasteiger partial charge in [0.1, 0.15) is 62.5 Å². The van der Waals surface area contributed by atoms with Crippen LogP contribution in [0, 0.1) is 61.2 Å². The number of carbonyl (C=O) groups excluding carboxylic acids is 10. The van der Waals surface area contributed by atoms with Gasteiger partial charge in [0, 0.05) is 186 Å². The number of ether oxygens (including phenoxy) is 10. The lowest BCUT2D eigenvalue weighted by atomic mass is 10.1. The number of non-ortho nitro benzene ring substituents is 4. The summed E-state index contributed by atoms with van der Waals surface area (Å²) in [5.74, 6) is -0.623. The van der Waals surface area contributed by atoms with Crippen LogP contribution in [-0.4, -0.2) is 197 Å². The Morgan fingerprint density at radius 2 is 0.487 bits per heavy atom. The van der Waals surface area contributed by atoms with E-state index in [1.165, 1.54) is 132 Å². The van der Waals surface area contributed by atoms with E-state index in [4.69, 9.17) is 47.4 Å². The van der Waals surface area contributed by atoms with Crippen LogP contribution >= 0.6 is 0 Å². The number of carbonyl (C=O) groups is 10. The summed E-state index contributed by atoms with van der Waals surface area (Å²) in [6.45, 7) is 5.68. The van der Waals surface area contributed by atoms with Crippen LogP contribution < -0.4 is 35.5 Å². The summed E-state index contributed by atoms with van der Waals surface area (Å²) in [5, 5.41) is 54.5. The third-order valence-electron chi connectivity index (χ3n) is 16.7. The molecular formula is C77H86N14O28. The fourth-order valence-corrected chi connectivity index (χ4v) is 10.5. The van der Waals surface area contributed by atoms with Crippen LogP contribution in [0.4, 0.5) is 93.4 Å². The average molecular weight is 1660 g/mol. The molecule has 0 aliphatic carbocycles. The summed E-state index contributed by atoms with van der Waals surface area (Å²) < 4.78 is 56.6. The van der Waals surface area contributed by atoms with Crippen molar-refractivity contribution in [1.29, 1.82) is 0 Å². The normalized spacial score (nSPS) is 10.7. The molecule has 42 nitrogen and oxygen atoms in total. The molecule has 0 spiro atoms. The van der Waals surface area contributed by atoms with Crippen molar-refractivity contribution in [3.05, 3.63) is 224 Å². The molecule has 7 rings (SSSR count). The lowest BCUT2D eigenvalue weighted by molar-refractivity contribution is -0.385. The maximum Gasteiger partial charge on any atom is 0.415 e. The molecule has 0 aromatic heterocycles. The number of nitrogens with zero attached hydrogens (tertiary/aromatic N) is 10. The van der Waals surface area contributed by atoms with E-state index < -0.39 is 126 Å². The summed E-state index contributed by atoms with van der Waals surface area (Å²) in [7, 11) is 8.21. The molecule has 0 atom stereocenters. The second kappa shape index (κ2) is 42.3. The van der Waals surface area contributed by atoms with Gasteiger partial charge in [0.2, 0.25) is 0 Å². The van der Waals surface area contributed by atoms with Gasteiger partial charge in [0.05, 0.1) is 19.7 Å². The maximum atomic E-state index is 14.0. The molecule has 0 radical (unpaired) electrons. The molecule has 632 valence electrons. The summed E-state index contributed by atoms with van der Waals surface area (Å²) in [6, 6.07) is 28.6. The smallest absolute Gasteiger partial charge is 0.415 e. The molecule has 4 N–H and O–H groups in total. The van der Waals surface area contributed by atoms with Gasteiger partial charge in [0.25, 0.3) is 22.7 Å². The topological polar surface area (TPSA) is 503 Å². The quantitative estimate of drug-likeness (QED) is 0.0173. The number of hydrogen-bond donors (Lipinski definition) is 4. The van der Waals surface area contributed by atoms with Gasteiger partial charge in [-0.15, -0.1) is 0 Å². The first kappa shape index (κ1) is 91.0. The number of nitro benzene ring substituents is 4. The number of anilines is 4. The zero-order chi connectivity index (χ0) is 87.5. The molecule has 42 heteroatoms. The van der Waals surface area contributed by atoms with Crippen molar-refractivity contribution in [2.24, 2.45) is 0 Å². The molecule has 0 bridgehead atoms. The third-order valence-corrected chi connectivity index (χ3v) is 16.7. The van der Waals surface area contributed by atoms with Crippen molar-refractivity contribution in [3.63, 3.8) is 0 Å². The maximum absolute atomic E-state index is 14.0. The number of rotatable bonds is 32. The molecular weight excluding hydrogens is 1570 g/mol. The Labute approximate surface area is 679 Å². The van der Waals surface area contributed by atoms with Gasteiger partial charge in [-0.25, -0.2) is 47.9 Å². The zero-order valence-corrected chi connectivity index (χ0v) is 66.6. The Kier molecular flexibility index (Phi) is 32.3. The van der Waals surface area contributed by atoms with E-state index in [-0.39, 0.29) is 135 Å². The largest absolute Gasteiger partial charge is 0.444 e. The van der Waals surface area contributed by atoms with Gasteiger partial charge < -0.3 is 76.8 Å². The molecule has 0 fully saturated rings. The number of benzene rings is 7. The fraction of sp³-hybridized carbons (Fsp3) is 0.325. The monoisotopic (exact) mass is 1650 g/mol. The van der Waals surface area contributed by atoms with Gasteiger partial charge in [-0.3, -0.25) is 61.7 Å². The predicted octanol–water partition coefficient (Wildman–Crippen LogP) is 13.9. The highest BCUT2D eigenvalue weighted by Crippen LogP contribution is 2.34. The average Bonchev–Trinajstić information content (AvgIpc) is 0.825. The zero-order valence-electron chi connectivity index (χ0n) is 66.6. The summed E-state index contributed by atoms with van der Waals surface area (Å²) in [6.07, 6.45) is -9.65. The SMILES string of the molecule is Cc1cc(COC(=O)Nc2ccc([N+](=O)[O-])cc2)c(OC(=O)N(C)CCN(C)C(=O)OCc2cc(C)cc(COC(=O)N(C)CCN(C)C(=O)Oc3c(COC(=O)Nc4ccc([N+](=O)[O-])cc4)cc(C)cc3COC(=O)Nc3ccc([N+](=O)[O-])cc3)c2OC(=O)N(C)CCN(C)C(=O)OC(C)(C)C)c(COC(=O)Nc2ccc([N+](=O)[O-])cc2)c1. The lowest BCUT2D eigenvalue weighted by Crippen LogP contribution is -2.40. The van der Waals surface area contributed by atoms with Crippen LogP contribution in [0.15, 0.2) is 133 Å². The van der Waals surface area contributed by atoms with Gasteiger partial charge >= 0.3 is 60.9 Å². The fourth-order valence-electron chi connectivity index (χ4n) is 10.5. The van der Waals surface area contributed by atoms with Crippen LogP contribution in [0.25, 0.3) is 0 Å². The Morgan fingerprint density at radius 3 is 0.681 bits per heavy atom. The van der Waals surface area contributed by atoms with E-state index in [1.54, 1.807) is 41.5 Å². The standard InChI is InChI=1S/C77H86N14O28/c1-47-35-50(41-110-67(92)78-56-13-21-60(22-14-56)88(102)103)64(51(36-47)42-111-68(93)79-57-15-23-61(24-16-57)89(104)105)116-73(98)84(9)31-29-82(7)71(96)114-45-54-39-49(3)40-55(66(54)118-75(100)86(11)33-34-87(12)76(101)119-77(4,5)6)46-115-72(97)83(8)30-32-85(10)74(99)117-65-52(43-112-69(94)80-58-17-25-62(26-18-58)90(106)107)37-48(2)38-53(65)44-113-70(95)81-59-19-27-63(28-20-59)91(108)109/h13-28,35-40H,29-34,41-46H2,1-12H3,(H,78,92)(H,79,93)(H,80,94)(H,81,95). The minimum Gasteiger partial charge on any atom is -0.444 e. The minimum atomic E-state index is -1.02. The van der Waals surface area contributed by atoms with Gasteiger partial charge in [0.15, 0.2) is 0 Å². The van der Waals surface area contributed by atoms with Gasteiger partial charge in [-0.2, -0.15) is 0 Å². The number of nitro groups is 4. The van der Waals surface area contributed by atoms with Crippen LogP contribution in [0.3, 0.4) is 0 Å². The lowest BCUT2D eigenvalue weighted by Gasteiger charge is -2.26. The Morgan fingerprint density at radius 1 is 0.303 bits per heavy atom. The second-order valence-electron chi connectivity index (χ2n) is 27.5. The first-order valence-electron chi connectivity index (χ1n) is 35.8. The molecule has 0 aliphatic heterocycles. The highest BCUT2D eigenvalue weighted by Gasteiger charge is 2.29. The third kappa shape index (κ3) is 28.7. The molecule has 0 saturated heterocycles. The molecule has 7 aromatic carbocycles. The summed E-state index contributed by atoms with van der Waals surface area (Å²) in [5.41, 5.74) is 0.930. The molecule has 0 unspecified atom stereocenters. The Hall–Kier alpha value is -15.2. The minimum absolute atomic E-state index is 0.0208. The van der Waals surface area contributed by atoms with Crippen LogP contribution in [0.5, 0.6) is 17.2 Å². The van der Waals surface area contributed by atoms with E-state index in [0.29, 0.717) is 16.7 Å². The summed E-state index contributed by atoms with van der Waals surface area (Å²) in [4.78, 5) is 184. The van der Waals surface area contributed by atoms with E-state index in [0.717, 1.165) is 73.0 Å².